The van der Waals surface area contributed by atoms with Crippen molar-refractivity contribution < 1.29 is 4.79 Å². The number of nitrogens with two attached hydrogens (primary N) is 1. The first-order chi connectivity index (χ1) is 8.08. The Kier molecular flexibility index (Phi) is 3.10. The monoisotopic (exact) mass is 295 g/mol. The average Bonchev–Trinajstić information content (AvgIpc) is 2.70. The highest BCUT2D eigenvalue weighted by atomic mass is 79.9. The predicted molar refractivity (Wildman–Crippen MR) is 67.6 cm³/mol. The van der Waals surface area contributed by atoms with E-state index in [0.717, 1.165) is 10.2 Å². The molecule has 0 radical (unpaired) electrons. The number of nitrogen functional groups attached to an aromatic ring is 1. The van der Waals surface area contributed by atoms with Crippen LogP contribution in [0.5, 0.6) is 0 Å². The summed E-state index contributed by atoms with van der Waals surface area (Å²) in [5, 5.41) is 8.90. The topological polar surface area (TPSA) is 96.7 Å². The second-order valence-corrected chi connectivity index (χ2v) is 4.24. The number of carbonyl (C=O) groups is 1. The van der Waals surface area contributed by atoms with E-state index in [9.17, 15) is 4.79 Å². The normalized spacial score (nSPS) is 10.2. The van der Waals surface area contributed by atoms with Crippen LogP contribution in [0.4, 0.5) is 11.4 Å². The molecule has 0 saturated carbocycles. The van der Waals surface area contributed by atoms with Gasteiger partial charge in [-0.15, -0.1) is 0 Å². The molecule has 0 spiro atoms. The van der Waals surface area contributed by atoms with Crippen LogP contribution in [0.15, 0.2) is 23.1 Å². The molecule has 0 unspecified atom stereocenters. The van der Waals surface area contributed by atoms with E-state index in [1.165, 1.54) is 6.20 Å². The van der Waals surface area contributed by atoms with Crippen molar-refractivity contribution in [1.29, 1.82) is 0 Å². The maximum absolute atomic E-state index is 11.8. The second-order valence-electron chi connectivity index (χ2n) is 3.49. The number of hydrogen-bond donors (Lipinski definition) is 3. The summed E-state index contributed by atoms with van der Waals surface area (Å²) in [5.41, 5.74) is 7.65. The predicted octanol–water partition coefficient (Wildman–Crippen LogP) is 1.71. The van der Waals surface area contributed by atoms with E-state index in [0.29, 0.717) is 11.4 Å². The lowest BCUT2D eigenvalue weighted by Crippen LogP contribution is -2.14. The Balaban J connectivity index is 2.19. The van der Waals surface area contributed by atoms with E-state index in [4.69, 9.17) is 5.73 Å². The van der Waals surface area contributed by atoms with Crippen LogP contribution in [-0.4, -0.2) is 21.1 Å². The van der Waals surface area contributed by atoms with E-state index in [2.05, 4.69) is 36.4 Å². The Bertz CT molecular complexity index is 566. The number of hydrogen-bond acceptors (Lipinski definition) is 4. The highest BCUT2D eigenvalue weighted by molar-refractivity contribution is 9.10. The molecule has 2 rings (SSSR count). The van der Waals surface area contributed by atoms with E-state index >= 15 is 0 Å². The first-order valence-electron chi connectivity index (χ1n) is 4.80. The maximum atomic E-state index is 11.8. The zero-order chi connectivity index (χ0) is 12.4. The first-order valence-corrected chi connectivity index (χ1v) is 5.59. The molecule has 17 heavy (non-hydrogen) atoms. The molecular formula is C10H10BrN5O. The summed E-state index contributed by atoms with van der Waals surface area (Å²) in [4.78, 5) is 15.9. The number of halogens is 1. The minimum atomic E-state index is -0.344. The molecule has 7 heteroatoms. The van der Waals surface area contributed by atoms with Gasteiger partial charge in [0.1, 0.15) is 10.3 Å². The smallest absolute Gasteiger partial charge is 0.275 e. The molecular weight excluding hydrogens is 286 g/mol. The fourth-order valence-electron chi connectivity index (χ4n) is 1.30. The van der Waals surface area contributed by atoms with Gasteiger partial charge in [-0.2, -0.15) is 5.10 Å². The Morgan fingerprint density at radius 1 is 1.53 bits per heavy atom. The molecule has 2 heterocycles. The summed E-state index contributed by atoms with van der Waals surface area (Å²) in [5.74, 6) is -0.344. The zero-order valence-electron chi connectivity index (χ0n) is 8.99. The maximum Gasteiger partial charge on any atom is 0.275 e. The first kappa shape index (κ1) is 11.6. The number of aromatic nitrogens is 3. The van der Waals surface area contributed by atoms with Crippen LogP contribution in [0.25, 0.3) is 0 Å². The Hall–Kier alpha value is -1.89. The van der Waals surface area contributed by atoms with Crippen molar-refractivity contribution in [3.63, 3.8) is 0 Å². The van der Waals surface area contributed by atoms with Crippen LogP contribution < -0.4 is 11.1 Å². The molecule has 0 atom stereocenters. The molecule has 0 aliphatic rings. The van der Waals surface area contributed by atoms with Crippen molar-refractivity contribution in [2.24, 2.45) is 0 Å². The number of H-pyrrole nitrogens is 1. The Labute approximate surface area is 106 Å². The fraction of sp³-hybridized carbons (Fsp3) is 0.100. The highest BCUT2D eigenvalue weighted by Crippen LogP contribution is 2.17. The lowest BCUT2D eigenvalue weighted by atomic mass is 10.3. The molecule has 6 nitrogen and oxygen atoms in total. The van der Waals surface area contributed by atoms with Gasteiger partial charge in [-0.25, -0.2) is 4.98 Å². The van der Waals surface area contributed by atoms with Crippen LogP contribution in [-0.2, 0) is 0 Å². The largest absolute Gasteiger partial charge is 0.396 e. The molecule has 0 bridgehead atoms. The summed E-state index contributed by atoms with van der Waals surface area (Å²) >= 11 is 3.29. The number of rotatable bonds is 2. The summed E-state index contributed by atoms with van der Waals surface area (Å²) in [6.07, 6.45) is 2.95. The zero-order valence-corrected chi connectivity index (χ0v) is 10.6. The van der Waals surface area contributed by atoms with E-state index < -0.39 is 0 Å². The van der Waals surface area contributed by atoms with E-state index in [1.54, 1.807) is 6.20 Å². The second kappa shape index (κ2) is 4.54. The third-order valence-electron chi connectivity index (χ3n) is 2.17. The lowest BCUT2D eigenvalue weighted by Gasteiger charge is -2.05. The molecule has 0 saturated heterocycles. The molecule has 0 aliphatic heterocycles. The number of aryl methyl sites for hydroxylation is 1. The Morgan fingerprint density at radius 3 is 2.88 bits per heavy atom. The van der Waals surface area contributed by atoms with Gasteiger partial charge in [-0.1, -0.05) is 0 Å². The van der Waals surface area contributed by atoms with Crippen LogP contribution in [0.3, 0.4) is 0 Å². The van der Waals surface area contributed by atoms with Crippen LogP contribution in [0.2, 0.25) is 0 Å². The molecule has 0 aliphatic carbocycles. The number of nitrogens with zero attached hydrogens (tertiary/aromatic N) is 2. The molecule has 1 amide bonds. The van der Waals surface area contributed by atoms with Crippen molar-refractivity contribution in [1.82, 2.24) is 15.2 Å². The van der Waals surface area contributed by atoms with Gasteiger partial charge in [0.2, 0.25) is 0 Å². The molecule has 2 aromatic heterocycles. The number of pyridine rings is 1. The van der Waals surface area contributed by atoms with Crippen molar-refractivity contribution in [2.75, 3.05) is 11.1 Å². The summed E-state index contributed by atoms with van der Waals surface area (Å²) in [6, 6.07) is 1.81. The Morgan fingerprint density at radius 2 is 2.29 bits per heavy atom. The van der Waals surface area contributed by atoms with Gasteiger partial charge >= 0.3 is 0 Å². The SMILES string of the molecule is Cc1cc(NC(=O)c2[nH]ncc2N)cnc1Br. The molecule has 88 valence electrons. The van der Waals surface area contributed by atoms with Crippen molar-refractivity contribution in [3.8, 4) is 0 Å². The highest BCUT2D eigenvalue weighted by Gasteiger charge is 2.12. The van der Waals surface area contributed by atoms with Crippen LogP contribution in [0, 0.1) is 6.92 Å². The number of anilines is 2. The fourth-order valence-corrected chi connectivity index (χ4v) is 1.51. The molecule has 0 fully saturated rings. The standard InChI is InChI=1S/C10H10BrN5O/c1-5-2-6(3-13-9(5)11)15-10(17)8-7(12)4-14-16-8/h2-4H,12H2,1H3,(H,14,16)(H,15,17). The van der Waals surface area contributed by atoms with Gasteiger partial charge in [0.25, 0.3) is 5.91 Å². The van der Waals surface area contributed by atoms with Crippen LogP contribution in [0.1, 0.15) is 16.1 Å². The van der Waals surface area contributed by atoms with E-state index in [-0.39, 0.29) is 11.6 Å². The van der Waals surface area contributed by atoms with E-state index in [1.807, 2.05) is 13.0 Å². The minimum Gasteiger partial charge on any atom is -0.396 e. The summed E-state index contributed by atoms with van der Waals surface area (Å²) in [6.45, 7) is 1.89. The molecule has 2 aromatic rings. The lowest BCUT2D eigenvalue weighted by molar-refractivity contribution is 0.102. The number of amides is 1. The van der Waals surface area contributed by atoms with Crippen molar-refractivity contribution in [2.45, 2.75) is 6.92 Å². The van der Waals surface area contributed by atoms with Gasteiger partial charge in [0, 0.05) is 0 Å². The third kappa shape index (κ3) is 2.44. The van der Waals surface area contributed by atoms with Gasteiger partial charge in [-0.3, -0.25) is 9.89 Å². The van der Waals surface area contributed by atoms with Gasteiger partial charge in [-0.05, 0) is 34.5 Å². The molecule has 4 N–H and O–H groups in total. The minimum absolute atomic E-state index is 0.241. The van der Waals surface area contributed by atoms with Crippen LogP contribution >= 0.6 is 15.9 Å². The summed E-state index contributed by atoms with van der Waals surface area (Å²) in [7, 11) is 0. The van der Waals surface area contributed by atoms with Gasteiger partial charge in [0.05, 0.1) is 23.8 Å². The van der Waals surface area contributed by atoms with Gasteiger partial charge < -0.3 is 11.1 Å². The number of carbonyl (C=O) groups excluding carboxylic acids is 1. The van der Waals surface area contributed by atoms with Crippen molar-refractivity contribution in [3.05, 3.63) is 34.3 Å². The summed E-state index contributed by atoms with van der Waals surface area (Å²) < 4.78 is 0.747. The molecule has 0 aromatic carbocycles. The van der Waals surface area contributed by atoms with Gasteiger partial charge in [0.15, 0.2) is 0 Å². The number of aromatic amines is 1. The quantitative estimate of drug-likeness (QED) is 0.735. The number of nitrogens with one attached hydrogen (secondary N) is 2. The third-order valence-corrected chi connectivity index (χ3v) is 3.00. The van der Waals surface area contributed by atoms with Crippen molar-refractivity contribution >= 4 is 33.2 Å². The average molecular weight is 296 g/mol.